The van der Waals surface area contributed by atoms with E-state index in [-0.39, 0.29) is 6.42 Å². The van der Waals surface area contributed by atoms with E-state index in [0.717, 1.165) is 3.57 Å². The van der Waals surface area contributed by atoms with Gasteiger partial charge in [-0.25, -0.2) is 4.39 Å². The third kappa shape index (κ3) is 2.91. The van der Waals surface area contributed by atoms with Crippen molar-refractivity contribution >= 4 is 44.5 Å². The summed E-state index contributed by atoms with van der Waals surface area (Å²) in [6.07, 6.45) is -0.150. The van der Waals surface area contributed by atoms with Crippen molar-refractivity contribution in [3.05, 3.63) is 31.6 Å². The summed E-state index contributed by atoms with van der Waals surface area (Å²) >= 11 is 5.00. The van der Waals surface area contributed by atoms with Crippen molar-refractivity contribution in [1.82, 2.24) is 0 Å². The molecule has 0 aromatic heterocycles. The highest BCUT2D eigenvalue weighted by Crippen LogP contribution is 2.22. The van der Waals surface area contributed by atoms with Crippen LogP contribution >= 0.6 is 38.5 Å². The summed E-state index contributed by atoms with van der Waals surface area (Å²) in [7, 11) is 0. The fourth-order valence-electron chi connectivity index (χ4n) is 0.862. The van der Waals surface area contributed by atoms with E-state index in [0.29, 0.717) is 10.0 Å². The molecule has 0 aliphatic rings. The van der Waals surface area contributed by atoms with Gasteiger partial charge in [-0.2, -0.15) is 0 Å². The summed E-state index contributed by atoms with van der Waals surface area (Å²) < 4.78 is 14.1. The molecule has 0 atom stereocenters. The lowest BCUT2D eigenvalue weighted by Crippen LogP contribution is -2.02. The van der Waals surface area contributed by atoms with Crippen molar-refractivity contribution in [3.63, 3.8) is 0 Å². The van der Waals surface area contributed by atoms with Gasteiger partial charge in [0.2, 0.25) is 0 Å². The molecule has 0 saturated carbocycles. The maximum absolute atomic E-state index is 13.0. The number of hydrogen-bond donors (Lipinski definition) is 1. The molecule has 0 fully saturated rings. The summed E-state index contributed by atoms with van der Waals surface area (Å²) in [5, 5.41) is 8.51. The van der Waals surface area contributed by atoms with Gasteiger partial charge in [0, 0.05) is 3.57 Å². The Morgan fingerprint density at radius 2 is 2.23 bits per heavy atom. The number of aliphatic carboxylic acids is 1. The van der Waals surface area contributed by atoms with Gasteiger partial charge in [-0.15, -0.1) is 0 Å². The third-order valence-electron chi connectivity index (χ3n) is 1.43. The first-order valence-electron chi connectivity index (χ1n) is 3.36. The number of carbonyl (C=O) groups is 1. The Hall–Kier alpha value is -0.170. The number of hydrogen-bond acceptors (Lipinski definition) is 1. The molecule has 2 nitrogen and oxygen atoms in total. The number of halogens is 3. The van der Waals surface area contributed by atoms with Crippen LogP contribution < -0.4 is 0 Å². The first-order chi connectivity index (χ1) is 6.00. The Balaban J connectivity index is 3.08. The maximum Gasteiger partial charge on any atom is 0.307 e. The van der Waals surface area contributed by atoms with Gasteiger partial charge in [-0.3, -0.25) is 4.79 Å². The van der Waals surface area contributed by atoms with Gasteiger partial charge in [-0.05, 0) is 56.2 Å². The number of carboxylic acid groups (broad SMARTS) is 1. The van der Waals surface area contributed by atoms with Crippen molar-refractivity contribution < 1.29 is 14.3 Å². The van der Waals surface area contributed by atoms with E-state index in [4.69, 9.17) is 5.11 Å². The molecule has 5 heteroatoms. The first-order valence-corrected chi connectivity index (χ1v) is 5.23. The minimum absolute atomic E-state index is 0.150. The van der Waals surface area contributed by atoms with Gasteiger partial charge in [-0.1, -0.05) is 0 Å². The molecule has 0 aliphatic carbocycles. The van der Waals surface area contributed by atoms with Crippen molar-refractivity contribution in [2.24, 2.45) is 0 Å². The summed E-state index contributed by atoms with van der Waals surface area (Å²) in [5.74, 6) is -1.39. The summed E-state index contributed by atoms with van der Waals surface area (Å²) in [5.41, 5.74) is 0.494. The Kier molecular flexibility index (Phi) is 3.66. The highest BCUT2D eigenvalue weighted by molar-refractivity contribution is 14.1. The van der Waals surface area contributed by atoms with Crippen LogP contribution in [0.25, 0.3) is 0 Å². The Morgan fingerprint density at radius 3 is 2.77 bits per heavy atom. The van der Waals surface area contributed by atoms with Crippen molar-refractivity contribution in [2.45, 2.75) is 6.42 Å². The monoisotopic (exact) mass is 358 g/mol. The second-order valence-electron chi connectivity index (χ2n) is 2.43. The lowest BCUT2D eigenvalue weighted by Gasteiger charge is -2.02. The number of carboxylic acids is 1. The molecule has 0 saturated heterocycles. The average molecular weight is 359 g/mol. The molecular weight excluding hydrogens is 354 g/mol. The van der Waals surface area contributed by atoms with Gasteiger partial charge in [0.15, 0.2) is 0 Å². The maximum atomic E-state index is 13.0. The van der Waals surface area contributed by atoms with Crippen LogP contribution in [0.1, 0.15) is 5.56 Å². The molecule has 1 aromatic rings. The molecule has 70 valence electrons. The molecule has 0 radical (unpaired) electrons. The van der Waals surface area contributed by atoms with Gasteiger partial charge < -0.3 is 5.11 Å². The largest absolute Gasteiger partial charge is 0.481 e. The predicted octanol–water partition coefficient (Wildman–Crippen LogP) is 2.82. The minimum Gasteiger partial charge on any atom is -0.481 e. The van der Waals surface area contributed by atoms with E-state index in [1.807, 2.05) is 22.6 Å². The van der Waals surface area contributed by atoms with Crippen LogP contribution in [0.4, 0.5) is 4.39 Å². The van der Waals surface area contributed by atoms with Crippen LogP contribution in [0, 0.1) is 9.39 Å². The molecule has 1 aromatic carbocycles. The van der Waals surface area contributed by atoms with E-state index < -0.39 is 11.8 Å². The van der Waals surface area contributed by atoms with Crippen LogP contribution in [0.5, 0.6) is 0 Å². The number of rotatable bonds is 2. The van der Waals surface area contributed by atoms with Gasteiger partial charge in [0.1, 0.15) is 5.82 Å². The Labute approximate surface area is 96.4 Å². The summed E-state index contributed by atoms with van der Waals surface area (Å²) in [6, 6.07) is 2.80. The van der Waals surface area contributed by atoms with E-state index in [2.05, 4.69) is 15.9 Å². The standard InChI is InChI=1S/C8H5BrFIO2/c9-5-3-7(11)4(1-6(5)10)2-8(12)13/h1,3H,2H2,(H,12,13). The molecule has 1 N–H and O–H groups in total. The highest BCUT2D eigenvalue weighted by Gasteiger charge is 2.09. The van der Waals surface area contributed by atoms with Gasteiger partial charge >= 0.3 is 5.97 Å². The minimum atomic E-state index is -0.959. The first kappa shape index (κ1) is 10.9. The molecule has 0 bridgehead atoms. The van der Waals surface area contributed by atoms with Crippen molar-refractivity contribution in [2.75, 3.05) is 0 Å². The predicted molar refractivity (Wildman–Crippen MR) is 58.2 cm³/mol. The van der Waals surface area contributed by atoms with Crippen LogP contribution in [-0.4, -0.2) is 11.1 Å². The van der Waals surface area contributed by atoms with Gasteiger partial charge in [0.25, 0.3) is 0 Å². The van der Waals surface area contributed by atoms with Gasteiger partial charge in [0.05, 0.1) is 10.9 Å². The quantitative estimate of drug-likeness (QED) is 0.652. The zero-order valence-electron chi connectivity index (χ0n) is 6.35. The van der Waals surface area contributed by atoms with Crippen LogP contribution in [0.3, 0.4) is 0 Å². The van der Waals surface area contributed by atoms with Crippen LogP contribution in [0.2, 0.25) is 0 Å². The number of benzene rings is 1. The molecule has 13 heavy (non-hydrogen) atoms. The van der Waals surface area contributed by atoms with E-state index >= 15 is 0 Å². The topological polar surface area (TPSA) is 37.3 Å². The fraction of sp³-hybridized carbons (Fsp3) is 0.125. The SMILES string of the molecule is O=C(O)Cc1cc(F)c(Br)cc1I. The lowest BCUT2D eigenvalue weighted by molar-refractivity contribution is -0.136. The zero-order valence-corrected chi connectivity index (χ0v) is 10.1. The lowest BCUT2D eigenvalue weighted by atomic mass is 10.1. The van der Waals surface area contributed by atoms with E-state index in [9.17, 15) is 9.18 Å². The van der Waals surface area contributed by atoms with Crippen LogP contribution in [0.15, 0.2) is 16.6 Å². The molecule has 0 amide bonds. The molecular formula is C8H5BrFIO2. The zero-order chi connectivity index (χ0) is 10.0. The average Bonchev–Trinajstić information content (AvgIpc) is 1.99. The Morgan fingerprint density at radius 1 is 1.62 bits per heavy atom. The van der Waals surface area contributed by atoms with Crippen LogP contribution in [-0.2, 0) is 11.2 Å². The van der Waals surface area contributed by atoms with E-state index in [1.165, 1.54) is 6.07 Å². The second-order valence-corrected chi connectivity index (χ2v) is 4.44. The smallest absolute Gasteiger partial charge is 0.307 e. The summed E-state index contributed by atoms with van der Waals surface area (Å²) in [6.45, 7) is 0. The second kappa shape index (κ2) is 4.36. The summed E-state index contributed by atoms with van der Waals surface area (Å²) in [4.78, 5) is 10.4. The molecule has 0 unspecified atom stereocenters. The molecule has 0 aliphatic heterocycles. The third-order valence-corrected chi connectivity index (χ3v) is 3.04. The highest BCUT2D eigenvalue weighted by atomic mass is 127. The fourth-order valence-corrected chi connectivity index (χ4v) is 2.29. The molecule has 0 heterocycles. The van der Waals surface area contributed by atoms with Crippen molar-refractivity contribution in [1.29, 1.82) is 0 Å². The molecule has 1 rings (SSSR count). The van der Waals surface area contributed by atoms with Crippen molar-refractivity contribution in [3.8, 4) is 0 Å². The molecule has 0 spiro atoms. The normalized spacial score (nSPS) is 10.1. The van der Waals surface area contributed by atoms with E-state index in [1.54, 1.807) is 6.07 Å². The Bertz CT molecular complexity index is 354.